The number of benzene rings is 1. The minimum absolute atomic E-state index is 0.125. The fraction of sp³-hybridized carbons (Fsp3) is 0.538. The zero-order valence-electron chi connectivity index (χ0n) is 11.2. The maximum absolute atomic E-state index is 12.3. The Kier molecular flexibility index (Phi) is 4.25. The Labute approximate surface area is 114 Å². The van der Waals surface area contributed by atoms with Gasteiger partial charge in [-0.2, -0.15) is 0 Å². The van der Waals surface area contributed by atoms with E-state index in [0.717, 1.165) is 5.56 Å². The highest BCUT2D eigenvalue weighted by molar-refractivity contribution is 7.89. The van der Waals surface area contributed by atoms with Crippen molar-refractivity contribution >= 4 is 10.0 Å². The van der Waals surface area contributed by atoms with Crippen LogP contribution in [0.3, 0.4) is 0 Å². The Balaban J connectivity index is 2.13. The van der Waals surface area contributed by atoms with Crippen LogP contribution in [0.4, 0.5) is 0 Å². The summed E-state index contributed by atoms with van der Waals surface area (Å²) in [7, 11) is -3.54. The molecule has 19 heavy (non-hydrogen) atoms. The van der Waals surface area contributed by atoms with Crippen molar-refractivity contribution in [2.45, 2.75) is 43.4 Å². The summed E-state index contributed by atoms with van der Waals surface area (Å²) in [6.07, 6.45) is 0.564. The maximum atomic E-state index is 12.3. The molecule has 0 aliphatic heterocycles. The molecule has 1 saturated carbocycles. The van der Waals surface area contributed by atoms with Crippen molar-refractivity contribution in [3.05, 3.63) is 29.8 Å². The van der Waals surface area contributed by atoms with Crippen molar-refractivity contribution in [2.75, 3.05) is 6.61 Å². The zero-order chi connectivity index (χ0) is 14.0. The van der Waals surface area contributed by atoms with E-state index in [2.05, 4.69) is 4.72 Å². The minimum atomic E-state index is -3.54. The summed E-state index contributed by atoms with van der Waals surface area (Å²) in [6.45, 7) is 4.30. The van der Waals surface area contributed by atoms with Gasteiger partial charge in [0, 0.05) is 12.6 Å². The van der Waals surface area contributed by atoms with Gasteiger partial charge in [0.15, 0.2) is 0 Å². The summed E-state index contributed by atoms with van der Waals surface area (Å²) < 4.78 is 32.6. The molecule has 0 spiro atoms. The molecule has 106 valence electrons. The normalized spacial score (nSPS) is 27.0. The third-order valence-corrected chi connectivity index (χ3v) is 4.80. The molecule has 3 N–H and O–H groups in total. The van der Waals surface area contributed by atoms with Gasteiger partial charge in [-0.15, -0.1) is 0 Å². The number of hydrogen-bond acceptors (Lipinski definition) is 4. The Morgan fingerprint density at radius 2 is 2.21 bits per heavy atom. The average Bonchev–Trinajstić information content (AvgIpc) is 2.36. The molecular formula is C13H20N2O3S. The van der Waals surface area contributed by atoms with Crippen LogP contribution in [0.5, 0.6) is 0 Å². The van der Waals surface area contributed by atoms with Crippen molar-refractivity contribution in [3.63, 3.8) is 0 Å². The number of hydrogen-bond donors (Lipinski definition) is 2. The second kappa shape index (κ2) is 5.58. The molecule has 0 amide bonds. The number of rotatable bonds is 5. The second-order valence-electron chi connectivity index (χ2n) is 4.86. The molecule has 0 aromatic heterocycles. The SMILES string of the molecule is CCOC1CC(N)C1NS(=O)(=O)c1cccc(C)c1. The van der Waals surface area contributed by atoms with Gasteiger partial charge in [-0.3, -0.25) is 0 Å². The number of nitrogens with two attached hydrogens (primary N) is 1. The molecule has 6 heteroatoms. The van der Waals surface area contributed by atoms with Crippen LogP contribution in [0.1, 0.15) is 18.9 Å². The third-order valence-electron chi connectivity index (χ3n) is 3.34. The molecule has 3 unspecified atom stereocenters. The average molecular weight is 284 g/mol. The lowest BCUT2D eigenvalue weighted by Crippen LogP contribution is -2.64. The van der Waals surface area contributed by atoms with Gasteiger partial charge in [-0.1, -0.05) is 12.1 Å². The predicted octanol–water partition coefficient (Wildman–Crippen LogP) is 0.778. The standard InChI is InChI=1S/C13H20N2O3S/c1-3-18-12-8-11(14)13(12)15-19(16,17)10-6-4-5-9(2)7-10/h4-7,11-13,15H,3,8,14H2,1-2H3. The van der Waals surface area contributed by atoms with Crippen LogP contribution in [0.25, 0.3) is 0 Å². The van der Waals surface area contributed by atoms with Crippen molar-refractivity contribution in [1.82, 2.24) is 4.72 Å². The number of ether oxygens (including phenoxy) is 1. The third kappa shape index (κ3) is 3.14. The van der Waals surface area contributed by atoms with Gasteiger partial charge >= 0.3 is 0 Å². The van der Waals surface area contributed by atoms with E-state index in [1.165, 1.54) is 0 Å². The van der Waals surface area contributed by atoms with Gasteiger partial charge in [-0.05, 0) is 38.0 Å². The van der Waals surface area contributed by atoms with Crippen LogP contribution in [0.15, 0.2) is 29.2 Å². The zero-order valence-corrected chi connectivity index (χ0v) is 12.0. The van der Waals surface area contributed by atoms with Gasteiger partial charge in [0.25, 0.3) is 0 Å². The molecule has 5 nitrogen and oxygen atoms in total. The molecule has 0 bridgehead atoms. The van der Waals surface area contributed by atoms with Crippen molar-refractivity contribution < 1.29 is 13.2 Å². The lowest BCUT2D eigenvalue weighted by atomic mass is 9.84. The lowest BCUT2D eigenvalue weighted by Gasteiger charge is -2.42. The van der Waals surface area contributed by atoms with Gasteiger partial charge in [0.1, 0.15) is 0 Å². The summed E-state index contributed by atoms with van der Waals surface area (Å²) in [5.74, 6) is 0. The molecule has 1 aliphatic rings. The fourth-order valence-corrected chi connectivity index (χ4v) is 3.64. The van der Waals surface area contributed by atoms with E-state index in [4.69, 9.17) is 10.5 Å². The van der Waals surface area contributed by atoms with E-state index < -0.39 is 10.0 Å². The summed E-state index contributed by atoms with van der Waals surface area (Å²) in [4.78, 5) is 0.266. The number of nitrogens with one attached hydrogen (secondary N) is 1. The van der Waals surface area contributed by atoms with Gasteiger partial charge in [0.05, 0.1) is 17.0 Å². The largest absolute Gasteiger partial charge is 0.377 e. The quantitative estimate of drug-likeness (QED) is 0.837. The molecule has 1 aromatic carbocycles. The van der Waals surface area contributed by atoms with E-state index in [0.29, 0.717) is 13.0 Å². The Bertz CT molecular complexity index is 543. The maximum Gasteiger partial charge on any atom is 0.240 e. The summed E-state index contributed by atoms with van der Waals surface area (Å²) in [5.41, 5.74) is 6.76. The minimum Gasteiger partial charge on any atom is -0.377 e. The van der Waals surface area contributed by atoms with Gasteiger partial charge < -0.3 is 10.5 Å². The van der Waals surface area contributed by atoms with Crippen LogP contribution in [-0.4, -0.2) is 33.2 Å². The highest BCUT2D eigenvalue weighted by Crippen LogP contribution is 2.24. The topological polar surface area (TPSA) is 81.4 Å². The molecule has 3 atom stereocenters. The molecular weight excluding hydrogens is 264 g/mol. The van der Waals surface area contributed by atoms with Crippen molar-refractivity contribution in [2.24, 2.45) is 5.73 Å². The predicted molar refractivity (Wildman–Crippen MR) is 73.3 cm³/mol. The first-order chi connectivity index (χ1) is 8.94. The smallest absolute Gasteiger partial charge is 0.240 e. The molecule has 0 radical (unpaired) electrons. The first-order valence-electron chi connectivity index (χ1n) is 6.40. The molecule has 2 rings (SSSR count). The highest BCUT2D eigenvalue weighted by Gasteiger charge is 2.41. The summed E-state index contributed by atoms with van der Waals surface area (Å²) >= 11 is 0. The highest BCUT2D eigenvalue weighted by atomic mass is 32.2. The Morgan fingerprint density at radius 1 is 1.47 bits per heavy atom. The molecule has 1 fully saturated rings. The van der Waals surface area contributed by atoms with Crippen molar-refractivity contribution in [3.8, 4) is 0 Å². The van der Waals surface area contributed by atoms with E-state index in [1.54, 1.807) is 18.2 Å². The van der Waals surface area contributed by atoms with E-state index in [9.17, 15) is 8.42 Å². The fourth-order valence-electron chi connectivity index (χ4n) is 2.22. The van der Waals surface area contributed by atoms with Gasteiger partial charge in [0.2, 0.25) is 10.0 Å². The van der Waals surface area contributed by atoms with Crippen LogP contribution >= 0.6 is 0 Å². The molecule has 1 aliphatic carbocycles. The van der Waals surface area contributed by atoms with E-state index >= 15 is 0 Å². The van der Waals surface area contributed by atoms with E-state index in [1.807, 2.05) is 19.9 Å². The molecule has 0 heterocycles. The molecule has 0 saturated heterocycles. The first kappa shape index (κ1) is 14.5. The summed E-state index contributed by atoms with van der Waals surface area (Å²) in [6, 6.07) is 6.28. The van der Waals surface area contributed by atoms with Crippen LogP contribution in [-0.2, 0) is 14.8 Å². The van der Waals surface area contributed by atoms with Crippen molar-refractivity contribution in [1.29, 1.82) is 0 Å². The summed E-state index contributed by atoms with van der Waals surface area (Å²) in [5, 5.41) is 0. The molecule has 1 aromatic rings. The van der Waals surface area contributed by atoms with E-state index in [-0.39, 0.29) is 23.1 Å². The number of aryl methyl sites for hydroxylation is 1. The Hall–Kier alpha value is -0.950. The lowest BCUT2D eigenvalue weighted by molar-refractivity contribution is -0.0248. The van der Waals surface area contributed by atoms with Crippen LogP contribution in [0, 0.1) is 6.92 Å². The Morgan fingerprint density at radius 3 is 2.79 bits per heavy atom. The van der Waals surface area contributed by atoms with Crippen LogP contribution < -0.4 is 10.5 Å². The number of sulfonamides is 1. The monoisotopic (exact) mass is 284 g/mol. The first-order valence-corrected chi connectivity index (χ1v) is 7.88. The van der Waals surface area contributed by atoms with Crippen LogP contribution in [0.2, 0.25) is 0 Å². The second-order valence-corrected chi connectivity index (χ2v) is 6.57. The van der Waals surface area contributed by atoms with Gasteiger partial charge in [-0.25, -0.2) is 13.1 Å².